The Labute approximate surface area is 153 Å². The van der Waals surface area contributed by atoms with E-state index in [9.17, 15) is 14.4 Å². The molecular formula is C18H26N2O4S. The number of esters is 1. The lowest BCUT2D eigenvalue weighted by Gasteiger charge is -2.21. The summed E-state index contributed by atoms with van der Waals surface area (Å²) in [5, 5.41) is 4.75. The predicted molar refractivity (Wildman–Crippen MR) is 99.3 cm³/mol. The molecule has 6 nitrogen and oxygen atoms in total. The molecule has 3 amide bonds. The van der Waals surface area contributed by atoms with Crippen molar-refractivity contribution in [2.24, 2.45) is 0 Å². The number of benzene rings is 1. The minimum absolute atomic E-state index is 0.139. The highest BCUT2D eigenvalue weighted by Crippen LogP contribution is 2.13. The summed E-state index contributed by atoms with van der Waals surface area (Å²) in [6.45, 7) is 8.84. The van der Waals surface area contributed by atoms with Crippen molar-refractivity contribution in [2.75, 3.05) is 5.75 Å². The Kier molecular flexibility index (Phi) is 7.96. The molecular weight excluding hydrogens is 340 g/mol. The van der Waals surface area contributed by atoms with Crippen molar-refractivity contribution in [1.29, 1.82) is 0 Å². The van der Waals surface area contributed by atoms with E-state index in [2.05, 4.69) is 10.6 Å². The van der Waals surface area contributed by atoms with Gasteiger partial charge in [-0.15, -0.1) is 11.8 Å². The van der Waals surface area contributed by atoms with E-state index in [1.165, 1.54) is 24.2 Å². The number of rotatable bonds is 6. The summed E-state index contributed by atoms with van der Waals surface area (Å²) < 4.78 is 5.05. The van der Waals surface area contributed by atoms with Gasteiger partial charge in [0.25, 0.3) is 5.91 Å². The molecule has 1 rings (SSSR count). The van der Waals surface area contributed by atoms with E-state index in [0.29, 0.717) is 5.75 Å². The topological polar surface area (TPSA) is 84.5 Å². The Hall–Kier alpha value is -2.02. The molecule has 25 heavy (non-hydrogen) atoms. The van der Waals surface area contributed by atoms with Crippen LogP contribution in [0.4, 0.5) is 4.79 Å². The molecule has 0 heterocycles. The molecule has 0 radical (unpaired) electrons. The van der Waals surface area contributed by atoms with Crippen LogP contribution in [0.15, 0.2) is 24.3 Å². The average Bonchev–Trinajstić information content (AvgIpc) is 2.47. The zero-order valence-corrected chi connectivity index (χ0v) is 16.2. The van der Waals surface area contributed by atoms with E-state index in [1.54, 1.807) is 20.8 Å². The third-order valence-electron chi connectivity index (χ3n) is 3.01. The van der Waals surface area contributed by atoms with Crippen LogP contribution in [0.2, 0.25) is 0 Å². The lowest BCUT2D eigenvalue weighted by molar-refractivity contribution is -0.151. The molecule has 0 spiro atoms. The first-order valence-electron chi connectivity index (χ1n) is 8.02. The molecule has 0 saturated carbocycles. The van der Waals surface area contributed by atoms with Crippen molar-refractivity contribution < 1.29 is 19.1 Å². The van der Waals surface area contributed by atoms with Gasteiger partial charge in [-0.25, -0.2) is 4.79 Å². The van der Waals surface area contributed by atoms with Gasteiger partial charge in [-0.2, -0.15) is 0 Å². The van der Waals surface area contributed by atoms with Crippen molar-refractivity contribution >= 4 is 29.7 Å². The monoisotopic (exact) mass is 366 g/mol. The van der Waals surface area contributed by atoms with E-state index >= 15 is 0 Å². The average molecular weight is 366 g/mol. The van der Waals surface area contributed by atoms with Gasteiger partial charge in [0.15, 0.2) is 6.10 Å². The lowest BCUT2D eigenvalue weighted by Crippen LogP contribution is -2.50. The number of hydrogen-bond donors (Lipinski definition) is 2. The van der Waals surface area contributed by atoms with Gasteiger partial charge in [0, 0.05) is 11.3 Å². The van der Waals surface area contributed by atoms with Crippen LogP contribution < -0.4 is 10.6 Å². The van der Waals surface area contributed by atoms with Crippen LogP contribution in [-0.2, 0) is 20.1 Å². The second kappa shape index (κ2) is 9.46. The standard InChI is InChI=1S/C18H26N2O4S/c1-12-6-8-14(9-7-12)10-25-11-15(21)24-13(2)16(22)19-17(23)20-18(3,4)5/h6-9,13H,10-11H2,1-5H3,(H2,19,20,22,23)/t13-/m0/s1. The van der Waals surface area contributed by atoms with Gasteiger partial charge < -0.3 is 10.1 Å². The highest BCUT2D eigenvalue weighted by Gasteiger charge is 2.22. The van der Waals surface area contributed by atoms with Crippen LogP contribution >= 0.6 is 11.8 Å². The molecule has 2 N–H and O–H groups in total. The number of thioether (sulfide) groups is 1. The van der Waals surface area contributed by atoms with Crippen molar-refractivity contribution in [2.45, 2.75) is 52.0 Å². The molecule has 0 fully saturated rings. The predicted octanol–water partition coefficient (Wildman–Crippen LogP) is 2.78. The molecule has 1 aromatic carbocycles. The first-order chi connectivity index (χ1) is 11.6. The number of aryl methyl sites for hydroxylation is 1. The third kappa shape index (κ3) is 9.14. The lowest BCUT2D eigenvalue weighted by atomic mass is 10.1. The number of urea groups is 1. The number of hydrogen-bond acceptors (Lipinski definition) is 5. The van der Waals surface area contributed by atoms with Gasteiger partial charge in [-0.05, 0) is 40.2 Å². The first-order valence-corrected chi connectivity index (χ1v) is 9.18. The molecule has 0 aliphatic heterocycles. The van der Waals surface area contributed by atoms with E-state index < -0.39 is 29.6 Å². The maximum Gasteiger partial charge on any atom is 0.321 e. The minimum atomic E-state index is -1.03. The molecule has 0 bridgehead atoms. The molecule has 0 aromatic heterocycles. The van der Waals surface area contributed by atoms with Crippen LogP contribution in [0.25, 0.3) is 0 Å². The molecule has 0 saturated heterocycles. The Morgan fingerprint density at radius 3 is 2.32 bits per heavy atom. The normalized spacial score (nSPS) is 12.2. The summed E-state index contributed by atoms with van der Waals surface area (Å²) in [5.74, 6) is -0.321. The van der Waals surface area contributed by atoms with Crippen molar-refractivity contribution in [3.63, 3.8) is 0 Å². The Morgan fingerprint density at radius 1 is 1.16 bits per heavy atom. The fraction of sp³-hybridized carbons (Fsp3) is 0.500. The van der Waals surface area contributed by atoms with E-state index in [4.69, 9.17) is 4.74 Å². The number of ether oxygens (including phenoxy) is 1. The number of carbonyl (C=O) groups excluding carboxylic acids is 3. The fourth-order valence-corrected chi connectivity index (χ4v) is 2.57. The van der Waals surface area contributed by atoms with Crippen molar-refractivity contribution in [1.82, 2.24) is 10.6 Å². The third-order valence-corrected chi connectivity index (χ3v) is 3.99. The quantitative estimate of drug-likeness (QED) is 0.756. The Balaban J connectivity index is 2.31. The fourth-order valence-electron chi connectivity index (χ4n) is 1.81. The molecule has 0 aliphatic rings. The second-order valence-corrected chi connectivity index (χ2v) is 7.79. The van der Waals surface area contributed by atoms with E-state index in [0.717, 1.165) is 5.56 Å². The van der Waals surface area contributed by atoms with Crippen LogP contribution in [0.1, 0.15) is 38.8 Å². The SMILES string of the molecule is Cc1ccc(CSCC(=O)O[C@@H](C)C(=O)NC(=O)NC(C)(C)C)cc1. The number of carbonyl (C=O) groups is 3. The molecule has 0 aliphatic carbocycles. The number of nitrogens with one attached hydrogen (secondary N) is 2. The Bertz CT molecular complexity index is 608. The van der Waals surface area contributed by atoms with Gasteiger partial charge in [-0.1, -0.05) is 29.8 Å². The molecule has 1 aromatic rings. The first kappa shape index (κ1) is 21.0. The maximum atomic E-state index is 11.8. The summed E-state index contributed by atoms with van der Waals surface area (Å²) in [6, 6.07) is 7.44. The van der Waals surface area contributed by atoms with Gasteiger partial charge in [0.1, 0.15) is 0 Å². The summed E-state index contributed by atoms with van der Waals surface area (Å²) in [5.41, 5.74) is 1.84. The van der Waals surface area contributed by atoms with Gasteiger partial charge in [-0.3, -0.25) is 14.9 Å². The zero-order chi connectivity index (χ0) is 19.0. The summed E-state index contributed by atoms with van der Waals surface area (Å²) in [7, 11) is 0. The number of amides is 3. The largest absolute Gasteiger partial charge is 0.452 e. The molecule has 1 atom stereocenters. The van der Waals surface area contributed by atoms with Crippen molar-refractivity contribution in [3.05, 3.63) is 35.4 Å². The second-order valence-electron chi connectivity index (χ2n) is 6.80. The molecule has 138 valence electrons. The van der Waals surface area contributed by atoms with Crippen LogP contribution in [0.3, 0.4) is 0 Å². The smallest absolute Gasteiger partial charge is 0.321 e. The van der Waals surface area contributed by atoms with E-state index in [1.807, 2.05) is 31.2 Å². The van der Waals surface area contributed by atoms with Crippen LogP contribution in [0.5, 0.6) is 0 Å². The van der Waals surface area contributed by atoms with Gasteiger partial charge >= 0.3 is 12.0 Å². The number of imide groups is 1. The molecule has 0 unspecified atom stereocenters. The van der Waals surface area contributed by atoms with Gasteiger partial charge in [0.05, 0.1) is 5.75 Å². The highest BCUT2D eigenvalue weighted by atomic mass is 32.2. The summed E-state index contributed by atoms with van der Waals surface area (Å²) in [4.78, 5) is 35.3. The highest BCUT2D eigenvalue weighted by molar-refractivity contribution is 7.99. The van der Waals surface area contributed by atoms with Crippen LogP contribution in [0, 0.1) is 6.92 Å². The van der Waals surface area contributed by atoms with Crippen molar-refractivity contribution in [3.8, 4) is 0 Å². The maximum absolute atomic E-state index is 11.8. The van der Waals surface area contributed by atoms with Crippen LogP contribution in [-0.4, -0.2) is 35.3 Å². The zero-order valence-electron chi connectivity index (χ0n) is 15.3. The summed E-state index contributed by atoms with van der Waals surface area (Å²) >= 11 is 1.41. The minimum Gasteiger partial charge on any atom is -0.452 e. The Morgan fingerprint density at radius 2 is 1.76 bits per heavy atom. The van der Waals surface area contributed by atoms with Gasteiger partial charge in [0.2, 0.25) is 0 Å². The summed E-state index contributed by atoms with van der Waals surface area (Å²) in [6.07, 6.45) is -1.03. The van der Waals surface area contributed by atoms with E-state index in [-0.39, 0.29) is 5.75 Å². The molecule has 7 heteroatoms.